The first-order valence-corrected chi connectivity index (χ1v) is 10.6. The Morgan fingerprint density at radius 2 is 1.68 bits per heavy atom. The zero-order valence-corrected chi connectivity index (χ0v) is 17.2. The van der Waals surface area contributed by atoms with E-state index in [0.29, 0.717) is 21.2 Å². The van der Waals surface area contributed by atoms with Crippen molar-refractivity contribution in [2.45, 2.75) is 30.0 Å². The lowest BCUT2D eigenvalue weighted by molar-refractivity contribution is -0.121. The molecule has 28 heavy (non-hydrogen) atoms. The molecule has 1 N–H and O–H groups in total. The van der Waals surface area contributed by atoms with E-state index in [9.17, 15) is 4.79 Å². The fraction of sp³-hybridized carbons (Fsp3) is 0.250. The van der Waals surface area contributed by atoms with Gasteiger partial charge in [0.15, 0.2) is 0 Å². The van der Waals surface area contributed by atoms with Crippen LogP contribution in [0.25, 0.3) is 11.5 Å². The van der Waals surface area contributed by atoms with Crippen LogP contribution in [0.3, 0.4) is 0 Å². The lowest BCUT2D eigenvalue weighted by Crippen LogP contribution is -2.51. The summed E-state index contributed by atoms with van der Waals surface area (Å²) in [7, 11) is 0. The van der Waals surface area contributed by atoms with Crippen LogP contribution in [0.5, 0.6) is 0 Å². The minimum absolute atomic E-state index is 0.0640. The number of benzene rings is 2. The van der Waals surface area contributed by atoms with E-state index in [1.54, 1.807) is 12.1 Å². The SMILES string of the molecule is O=C(CSc1nnc(-c2ccc(Cl)cc2)o1)NC1(c2ccc(Cl)cc2)CCC1. The normalized spacial score (nSPS) is 15.1. The summed E-state index contributed by atoms with van der Waals surface area (Å²) in [5, 5.41) is 12.9. The van der Waals surface area contributed by atoms with Gasteiger partial charge in [-0.2, -0.15) is 0 Å². The summed E-state index contributed by atoms with van der Waals surface area (Å²) < 4.78 is 5.63. The fourth-order valence-electron chi connectivity index (χ4n) is 3.19. The first-order chi connectivity index (χ1) is 13.5. The minimum atomic E-state index is -0.300. The maximum atomic E-state index is 12.5. The maximum Gasteiger partial charge on any atom is 0.277 e. The van der Waals surface area contributed by atoms with Gasteiger partial charge >= 0.3 is 0 Å². The van der Waals surface area contributed by atoms with E-state index in [0.717, 1.165) is 30.4 Å². The van der Waals surface area contributed by atoms with Crippen molar-refractivity contribution in [1.29, 1.82) is 0 Å². The molecule has 0 atom stereocenters. The van der Waals surface area contributed by atoms with Gasteiger partial charge in [0, 0.05) is 15.6 Å². The van der Waals surface area contributed by atoms with Gasteiger partial charge in [0.25, 0.3) is 5.22 Å². The van der Waals surface area contributed by atoms with Crippen molar-refractivity contribution in [2.24, 2.45) is 0 Å². The van der Waals surface area contributed by atoms with Gasteiger partial charge < -0.3 is 9.73 Å². The van der Waals surface area contributed by atoms with Gasteiger partial charge in [-0.05, 0) is 61.2 Å². The molecule has 1 saturated carbocycles. The van der Waals surface area contributed by atoms with Crippen molar-refractivity contribution in [2.75, 3.05) is 5.75 Å². The zero-order valence-electron chi connectivity index (χ0n) is 14.8. The molecule has 1 fully saturated rings. The first-order valence-electron chi connectivity index (χ1n) is 8.83. The highest BCUT2D eigenvalue weighted by atomic mass is 35.5. The molecule has 5 nitrogen and oxygen atoms in total. The summed E-state index contributed by atoms with van der Waals surface area (Å²) in [5.74, 6) is 0.541. The Balaban J connectivity index is 1.37. The molecule has 4 rings (SSSR count). The topological polar surface area (TPSA) is 68.0 Å². The number of carbonyl (C=O) groups is 1. The summed E-state index contributed by atoms with van der Waals surface area (Å²) in [6.07, 6.45) is 2.93. The molecule has 1 aliphatic rings. The van der Waals surface area contributed by atoms with Gasteiger partial charge in [-0.25, -0.2) is 0 Å². The first kappa shape index (κ1) is 19.3. The van der Waals surface area contributed by atoms with Crippen molar-refractivity contribution in [3.63, 3.8) is 0 Å². The van der Waals surface area contributed by atoms with E-state index in [2.05, 4.69) is 15.5 Å². The molecular formula is C20H17Cl2N3O2S. The van der Waals surface area contributed by atoms with Crippen molar-refractivity contribution in [3.05, 3.63) is 64.1 Å². The molecular weight excluding hydrogens is 417 g/mol. The molecule has 3 aromatic rings. The van der Waals surface area contributed by atoms with Crippen LogP contribution in [0.2, 0.25) is 10.0 Å². The molecule has 0 spiro atoms. The third-order valence-electron chi connectivity index (χ3n) is 4.81. The molecule has 1 heterocycles. The largest absolute Gasteiger partial charge is 0.411 e. The Labute approximate surface area is 176 Å². The lowest BCUT2D eigenvalue weighted by Gasteiger charge is -2.43. The predicted octanol–water partition coefficient (Wildman–Crippen LogP) is 5.33. The van der Waals surface area contributed by atoms with Crippen LogP contribution in [-0.2, 0) is 10.3 Å². The molecule has 0 radical (unpaired) electrons. The quantitative estimate of drug-likeness (QED) is 0.531. The Bertz CT molecular complexity index is 970. The third-order valence-corrected chi connectivity index (χ3v) is 6.13. The number of carbonyl (C=O) groups excluding carboxylic acids is 1. The van der Waals surface area contributed by atoms with Crippen LogP contribution in [0.1, 0.15) is 24.8 Å². The monoisotopic (exact) mass is 433 g/mol. The Morgan fingerprint density at radius 3 is 2.29 bits per heavy atom. The number of aromatic nitrogens is 2. The van der Waals surface area contributed by atoms with E-state index in [-0.39, 0.29) is 17.2 Å². The van der Waals surface area contributed by atoms with Crippen LogP contribution in [0, 0.1) is 0 Å². The highest BCUT2D eigenvalue weighted by Gasteiger charge is 2.39. The second-order valence-electron chi connectivity index (χ2n) is 6.66. The number of hydrogen-bond donors (Lipinski definition) is 1. The van der Waals surface area contributed by atoms with E-state index < -0.39 is 0 Å². The maximum absolute atomic E-state index is 12.5. The van der Waals surface area contributed by atoms with Gasteiger partial charge in [-0.15, -0.1) is 10.2 Å². The van der Waals surface area contributed by atoms with Crippen LogP contribution >= 0.6 is 35.0 Å². The van der Waals surface area contributed by atoms with Crippen molar-refractivity contribution in [1.82, 2.24) is 15.5 Å². The van der Waals surface area contributed by atoms with Gasteiger partial charge in [0.1, 0.15) is 0 Å². The zero-order chi connectivity index (χ0) is 19.6. The standard InChI is InChI=1S/C20H17Cl2N3O2S/c21-15-6-2-13(3-7-15)18-24-25-19(27-18)28-12-17(26)23-20(10-1-11-20)14-4-8-16(22)9-5-14/h2-9H,1,10-12H2,(H,23,26). The number of thioether (sulfide) groups is 1. The number of nitrogens with zero attached hydrogens (tertiary/aromatic N) is 2. The molecule has 0 unspecified atom stereocenters. The second kappa shape index (κ2) is 8.15. The van der Waals surface area contributed by atoms with Crippen LogP contribution in [0.4, 0.5) is 0 Å². The summed E-state index contributed by atoms with van der Waals surface area (Å²) in [4.78, 5) is 12.5. The fourth-order valence-corrected chi connectivity index (χ4v) is 4.01. The number of hydrogen-bond acceptors (Lipinski definition) is 5. The lowest BCUT2D eigenvalue weighted by atomic mass is 9.72. The third kappa shape index (κ3) is 4.19. The van der Waals surface area contributed by atoms with Gasteiger partial charge in [0.2, 0.25) is 11.8 Å². The van der Waals surface area contributed by atoms with Gasteiger partial charge in [-0.3, -0.25) is 4.79 Å². The van der Waals surface area contributed by atoms with E-state index in [1.807, 2.05) is 36.4 Å². The van der Waals surface area contributed by atoms with Crippen LogP contribution in [0.15, 0.2) is 58.2 Å². The highest BCUT2D eigenvalue weighted by molar-refractivity contribution is 7.99. The molecule has 1 aromatic heterocycles. The molecule has 8 heteroatoms. The Hall–Kier alpha value is -2.02. The molecule has 1 aliphatic carbocycles. The second-order valence-corrected chi connectivity index (χ2v) is 8.46. The van der Waals surface area contributed by atoms with E-state index in [1.165, 1.54) is 11.8 Å². The summed E-state index contributed by atoms with van der Waals surface area (Å²) in [5.41, 5.74) is 1.57. The minimum Gasteiger partial charge on any atom is -0.411 e. The van der Waals surface area contributed by atoms with E-state index in [4.69, 9.17) is 27.6 Å². The number of halogens is 2. The summed E-state index contributed by atoms with van der Waals surface area (Å²) in [6, 6.07) is 14.8. The summed E-state index contributed by atoms with van der Waals surface area (Å²) >= 11 is 13.1. The number of nitrogens with one attached hydrogen (secondary N) is 1. The van der Waals surface area contributed by atoms with Gasteiger partial charge in [0.05, 0.1) is 11.3 Å². The number of rotatable bonds is 6. The van der Waals surface area contributed by atoms with Gasteiger partial charge in [-0.1, -0.05) is 47.1 Å². The number of amides is 1. The average Bonchev–Trinajstić information content (AvgIpc) is 3.13. The van der Waals surface area contributed by atoms with Crippen LogP contribution < -0.4 is 5.32 Å². The molecule has 1 amide bonds. The summed E-state index contributed by atoms with van der Waals surface area (Å²) in [6.45, 7) is 0. The molecule has 0 aliphatic heterocycles. The Kier molecular flexibility index (Phi) is 5.62. The molecule has 0 bridgehead atoms. The highest BCUT2D eigenvalue weighted by Crippen LogP contribution is 2.41. The van der Waals surface area contributed by atoms with Crippen molar-refractivity contribution < 1.29 is 9.21 Å². The molecule has 2 aromatic carbocycles. The van der Waals surface area contributed by atoms with Crippen molar-refractivity contribution >= 4 is 40.9 Å². The smallest absolute Gasteiger partial charge is 0.277 e. The molecule has 144 valence electrons. The van der Waals surface area contributed by atoms with Crippen molar-refractivity contribution in [3.8, 4) is 11.5 Å². The predicted molar refractivity (Wildman–Crippen MR) is 111 cm³/mol. The average molecular weight is 434 g/mol. The Morgan fingerprint density at radius 1 is 1.04 bits per heavy atom. The van der Waals surface area contributed by atoms with E-state index >= 15 is 0 Å². The molecule has 0 saturated heterocycles. The van der Waals surface area contributed by atoms with Crippen LogP contribution in [-0.4, -0.2) is 21.9 Å².